The Morgan fingerprint density at radius 2 is 1.87 bits per heavy atom. The third kappa shape index (κ3) is 2.92. The summed E-state index contributed by atoms with van der Waals surface area (Å²) in [7, 11) is 1.71. The zero-order chi connectivity index (χ0) is 21.0. The molecule has 8 heteroatoms. The van der Waals surface area contributed by atoms with Crippen LogP contribution in [0.4, 0.5) is 10.5 Å². The van der Waals surface area contributed by atoms with Crippen LogP contribution in [0.25, 0.3) is 0 Å². The van der Waals surface area contributed by atoms with E-state index in [0.29, 0.717) is 11.6 Å². The molecule has 0 saturated carbocycles. The summed E-state index contributed by atoms with van der Waals surface area (Å²) in [5.41, 5.74) is 3.07. The maximum Gasteiger partial charge on any atom is 0.328 e. The Morgan fingerprint density at radius 3 is 2.60 bits per heavy atom. The summed E-state index contributed by atoms with van der Waals surface area (Å²) in [6.45, 7) is 3.72. The Morgan fingerprint density at radius 1 is 1.10 bits per heavy atom. The Labute approximate surface area is 180 Å². The second kappa shape index (κ2) is 7.02. The molecule has 3 aliphatic rings. The number of benzene rings is 2. The van der Waals surface area contributed by atoms with Crippen LogP contribution in [0.3, 0.4) is 0 Å². The van der Waals surface area contributed by atoms with E-state index in [4.69, 9.17) is 16.6 Å². The Kier molecular flexibility index (Phi) is 4.43. The highest BCUT2D eigenvalue weighted by Crippen LogP contribution is 2.34. The van der Waals surface area contributed by atoms with Gasteiger partial charge in [-0.1, -0.05) is 35.9 Å². The maximum atomic E-state index is 13.4. The predicted molar refractivity (Wildman–Crippen MR) is 115 cm³/mol. The number of halogens is 1. The van der Waals surface area contributed by atoms with E-state index in [1.54, 1.807) is 24.1 Å². The summed E-state index contributed by atoms with van der Waals surface area (Å²) in [5, 5.41) is 0.620. The topological polar surface area (TPSA) is 59.5 Å². The minimum atomic E-state index is -0.505. The van der Waals surface area contributed by atoms with Gasteiger partial charge in [-0.25, -0.2) is 9.79 Å². The lowest BCUT2D eigenvalue weighted by Crippen LogP contribution is -2.64. The van der Waals surface area contributed by atoms with E-state index in [9.17, 15) is 9.59 Å². The van der Waals surface area contributed by atoms with E-state index in [0.717, 1.165) is 23.8 Å². The number of nitrogens with zero attached hydrogens (tertiary/aromatic N) is 5. The first-order valence-corrected chi connectivity index (χ1v) is 10.3. The summed E-state index contributed by atoms with van der Waals surface area (Å²) < 4.78 is 0. The molecule has 0 aliphatic carbocycles. The molecule has 0 bridgehead atoms. The molecule has 30 heavy (non-hydrogen) atoms. The van der Waals surface area contributed by atoms with Crippen LogP contribution in [0.2, 0.25) is 5.02 Å². The van der Waals surface area contributed by atoms with Crippen molar-refractivity contribution in [2.45, 2.75) is 25.7 Å². The highest BCUT2D eigenvalue weighted by molar-refractivity contribution is 6.30. The van der Waals surface area contributed by atoms with Gasteiger partial charge in [0.1, 0.15) is 0 Å². The van der Waals surface area contributed by atoms with Crippen LogP contribution in [0.1, 0.15) is 11.1 Å². The van der Waals surface area contributed by atoms with E-state index >= 15 is 0 Å². The van der Waals surface area contributed by atoms with Crippen molar-refractivity contribution in [1.29, 1.82) is 0 Å². The average Bonchev–Trinajstić information content (AvgIpc) is 3.30. The number of guanidine groups is 1. The molecule has 2 fully saturated rings. The van der Waals surface area contributed by atoms with Crippen LogP contribution in [-0.2, 0) is 11.3 Å². The summed E-state index contributed by atoms with van der Waals surface area (Å²) in [5.74, 6) is 0.555. The third-order valence-electron chi connectivity index (χ3n) is 5.94. The van der Waals surface area contributed by atoms with Crippen LogP contribution in [-0.4, -0.2) is 64.9 Å². The van der Waals surface area contributed by atoms with Crippen molar-refractivity contribution in [2.24, 2.45) is 4.99 Å². The number of rotatable bonds is 3. The monoisotopic (exact) mass is 423 g/mol. The second-order valence-corrected chi connectivity index (χ2v) is 8.35. The molecule has 2 aromatic carbocycles. The number of aliphatic imine (C=N–C) groups is 1. The van der Waals surface area contributed by atoms with Crippen LogP contribution in [0.5, 0.6) is 0 Å². The van der Waals surface area contributed by atoms with Gasteiger partial charge in [0.2, 0.25) is 5.96 Å². The fraction of sp³-hybridized carbons (Fsp3) is 0.318. The van der Waals surface area contributed by atoms with Crippen molar-refractivity contribution in [2.75, 3.05) is 25.0 Å². The van der Waals surface area contributed by atoms with E-state index in [-0.39, 0.29) is 18.5 Å². The third-order valence-corrected chi connectivity index (χ3v) is 6.20. The van der Waals surface area contributed by atoms with Gasteiger partial charge in [0.15, 0.2) is 12.2 Å². The van der Waals surface area contributed by atoms with Crippen LogP contribution >= 0.6 is 11.6 Å². The van der Waals surface area contributed by atoms with Gasteiger partial charge in [-0.3, -0.25) is 9.69 Å². The van der Waals surface area contributed by atoms with E-state index < -0.39 is 12.2 Å². The lowest BCUT2D eigenvalue weighted by atomic mass is 10.1. The molecular weight excluding hydrogens is 402 g/mol. The van der Waals surface area contributed by atoms with Gasteiger partial charge in [-0.15, -0.1) is 0 Å². The normalized spacial score (nSPS) is 23.1. The lowest BCUT2D eigenvalue weighted by molar-refractivity contribution is -0.137. The van der Waals surface area contributed by atoms with E-state index in [2.05, 4.69) is 24.0 Å². The number of fused-ring (bicyclic) bond motifs is 3. The number of anilines is 1. The maximum absolute atomic E-state index is 13.4. The Bertz CT molecular complexity index is 1050. The number of amides is 3. The van der Waals surface area contributed by atoms with Crippen LogP contribution < -0.4 is 4.90 Å². The summed E-state index contributed by atoms with van der Waals surface area (Å²) in [6.07, 6.45) is -0.505. The molecule has 5 rings (SSSR count). The number of hydrogen-bond acceptors (Lipinski definition) is 5. The first kappa shape index (κ1) is 18.9. The summed E-state index contributed by atoms with van der Waals surface area (Å²) in [4.78, 5) is 38.2. The van der Waals surface area contributed by atoms with Gasteiger partial charge in [0, 0.05) is 30.8 Å². The van der Waals surface area contributed by atoms with Crippen molar-refractivity contribution < 1.29 is 9.59 Å². The zero-order valence-electron chi connectivity index (χ0n) is 16.8. The molecule has 0 spiro atoms. The molecule has 2 atom stereocenters. The molecule has 7 nitrogen and oxygen atoms in total. The first-order chi connectivity index (χ1) is 14.4. The molecule has 154 valence electrons. The minimum absolute atomic E-state index is 0.206. The van der Waals surface area contributed by atoms with E-state index in [1.807, 2.05) is 29.2 Å². The molecule has 0 aromatic heterocycles. The molecule has 2 saturated heterocycles. The number of hydrogen-bond donors (Lipinski definition) is 0. The smallest absolute Gasteiger partial charge is 0.325 e. The Balaban J connectivity index is 1.43. The quantitative estimate of drug-likeness (QED) is 0.761. The van der Waals surface area contributed by atoms with Crippen LogP contribution in [0.15, 0.2) is 53.5 Å². The molecular formula is C22H22ClN5O2. The average molecular weight is 424 g/mol. The summed E-state index contributed by atoms with van der Waals surface area (Å²) in [6, 6.07) is 14.6. The van der Waals surface area contributed by atoms with Crippen molar-refractivity contribution >= 4 is 35.2 Å². The second-order valence-electron chi connectivity index (χ2n) is 7.92. The van der Waals surface area contributed by atoms with Crippen molar-refractivity contribution in [1.82, 2.24) is 14.7 Å². The predicted octanol–water partition coefficient (Wildman–Crippen LogP) is 2.93. The SMILES string of the molecule is Cc1cccc(N2CCN3C2=NC2C3C(=O)N(Cc3ccc(Cl)cc3)C(=O)N2C)c1. The number of aryl methyl sites for hydroxylation is 1. The number of carbonyl (C=O) groups excluding carboxylic acids is 2. The van der Waals surface area contributed by atoms with Crippen molar-refractivity contribution in [3.63, 3.8) is 0 Å². The zero-order valence-corrected chi connectivity index (χ0v) is 17.6. The molecule has 0 N–H and O–H groups in total. The van der Waals surface area contributed by atoms with Gasteiger partial charge in [0.05, 0.1) is 6.54 Å². The van der Waals surface area contributed by atoms with Crippen molar-refractivity contribution in [3.8, 4) is 0 Å². The molecule has 0 radical (unpaired) electrons. The first-order valence-electron chi connectivity index (χ1n) is 9.95. The van der Waals surface area contributed by atoms with Crippen molar-refractivity contribution in [3.05, 3.63) is 64.7 Å². The van der Waals surface area contributed by atoms with Gasteiger partial charge < -0.3 is 14.7 Å². The fourth-order valence-electron chi connectivity index (χ4n) is 4.40. The largest absolute Gasteiger partial charge is 0.328 e. The number of carbonyl (C=O) groups is 2. The van der Waals surface area contributed by atoms with E-state index in [1.165, 1.54) is 10.5 Å². The number of urea groups is 1. The Hall–Kier alpha value is -3.06. The minimum Gasteiger partial charge on any atom is -0.325 e. The van der Waals surface area contributed by atoms with Crippen LogP contribution in [0, 0.1) is 6.92 Å². The summed E-state index contributed by atoms with van der Waals surface area (Å²) >= 11 is 5.96. The van der Waals surface area contributed by atoms with Gasteiger partial charge in [-0.2, -0.15) is 0 Å². The number of imide groups is 1. The van der Waals surface area contributed by atoms with Gasteiger partial charge >= 0.3 is 6.03 Å². The lowest BCUT2D eigenvalue weighted by Gasteiger charge is -2.40. The standard InChI is InChI=1S/C22H22ClN5O2/c1-14-4-3-5-17(12-14)26-10-11-27-18-19(24-21(26)27)25(2)22(30)28(20(18)29)13-15-6-8-16(23)9-7-15/h3-9,12,18-19H,10-11,13H2,1-2H3. The van der Waals surface area contributed by atoms with Gasteiger partial charge in [0.25, 0.3) is 5.91 Å². The van der Waals surface area contributed by atoms with Gasteiger partial charge in [-0.05, 0) is 42.3 Å². The number of likely N-dealkylation sites (N-methyl/N-ethyl adjacent to an activating group) is 1. The molecule has 3 aliphatic heterocycles. The fourth-order valence-corrected chi connectivity index (χ4v) is 4.52. The molecule has 2 aromatic rings. The molecule has 2 unspecified atom stereocenters. The molecule has 3 heterocycles. The highest BCUT2D eigenvalue weighted by atomic mass is 35.5. The molecule has 3 amide bonds. The highest BCUT2D eigenvalue weighted by Gasteiger charge is 2.54.